The molecule has 4 aromatic heterocycles. The number of hydrogen-bond donors (Lipinski definition) is 0. The SMILES string of the molecule is CSc1c(C2C=CC=CC2)nc(-c2ccccc2)nc1-n1c2ccccc2c2cc3c4ccccc4n4c5ccccc5c(c21)c34. The molecular formula is C41H28N4S. The largest absolute Gasteiger partial charge is 0.308 e. The number of thioether (sulfide) groups is 1. The molecule has 0 N–H and O–H groups in total. The van der Waals surface area contributed by atoms with Gasteiger partial charge in [0.1, 0.15) is 0 Å². The normalized spacial score (nSPS) is 15.1. The highest BCUT2D eigenvalue weighted by Gasteiger charge is 2.28. The van der Waals surface area contributed by atoms with Gasteiger partial charge >= 0.3 is 0 Å². The molecular weight excluding hydrogens is 581 g/mol. The number of nitrogens with zero attached hydrogens (tertiary/aromatic N) is 4. The predicted molar refractivity (Wildman–Crippen MR) is 194 cm³/mol. The Kier molecular flexibility index (Phi) is 5.52. The minimum Gasteiger partial charge on any atom is -0.308 e. The molecule has 0 aliphatic heterocycles. The standard InChI is InChI=1S/C41H28N4S/c1-46-39-36(25-14-4-2-5-15-25)42-40(26-16-6-3-7-17-26)43-41(39)45-33-22-12-9-19-28(33)31-24-30-27-18-8-11-21-32(27)44-34-23-13-10-20-29(34)35(37(30)44)38(31)45/h2-14,16-25H,15H2,1H3. The average Bonchev–Trinajstić information content (AvgIpc) is 3.76. The van der Waals surface area contributed by atoms with Gasteiger partial charge < -0.3 is 4.40 Å². The van der Waals surface area contributed by atoms with E-state index in [1.165, 1.54) is 54.4 Å². The molecule has 4 nitrogen and oxygen atoms in total. The van der Waals surface area contributed by atoms with Crippen molar-refractivity contribution in [1.82, 2.24) is 18.9 Å². The maximum atomic E-state index is 5.47. The van der Waals surface area contributed by atoms with E-state index in [0.29, 0.717) is 0 Å². The lowest BCUT2D eigenvalue weighted by Gasteiger charge is -2.21. The van der Waals surface area contributed by atoms with Crippen molar-refractivity contribution in [2.75, 3.05) is 6.26 Å². The van der Waals surface area contributed by atoms with Crippen LogP contribution in [0.15, 0.2) is 138 Å². The van der Waals surface area contributed by atoms with Gasteiger partial charge in [0.05, 0.1) is 38.2 Å². The van der Waals surface area contributed by atoms with E-state index in [4.69, 9.17) is 9.97 Å². The van der Waals surface area contributed by atoms with E-state index in [0.717, 1.165) is 39.7 Å². The van der Waals surface area contributed by atoms with Gasteiger partial charge in [-0.1, -0.05) is 109 Å². The average molecular weight is 609 g/mol. The third-order valence-electron chi connectivity index (χ3n) is 9.66. The van der Waals surface area contributed by atoms with E-state index in [-0.39, 0.29) is 5.92 Å². The summed E-state index contributed by atoms with van der Waals surface area (Å²) in [7, 11) is 0. The van der Waals surface area contributed by atoms with E-state index < -0.39 is 0 Å². The molecule has 46 heavy (non-hydrogen) atoms. The molecule has 5 heteroatoms. The minimum absolute atomic E-state index is 0.176. The molecule has 0 bridgehead atoms. The quantitative estimate of drug-likeness (QED) is 0.187. The number of rotatable bonds is 4. The minimum atomic E-state index is 0.176. The van der Waals surface area contributed by atoms with E-state index in [2.05, 4.69) is 143 Å². The summed E-state index contributed by atoms with van der Waals surface area (Å²) in [6, 6.07) is 39.3. The zero-order valence-corrected chi connectivity index (χ0v) is 26.0. The Hall–Kier alpha value is -5.39. The van der Waals surface area contributed by atoms with Crippen LogP contribution in [0.2, 0.25) is 0 Å². The van der Waals surface area contributed by atoms with Crippen LogP contribution in [0.1, 0.15) is 18.0 Å². The molecule has 0 saturated carbocycles. The fourth-order valence-electron chi connectivity index (χ4n) is 7.73. The van der Waals surface area contributed by atoms with Crippen LogP contribution in [-0.2, 0) is 0 Å². The van der Waals surface area contributed by atoms with Crippen LogP contribution in [0, 0.1) is 0 Å². The molecule has 0 spiro atoms. The molecule has 9 aromatic rings. The third kappa shape index (κ3) is 3.46. The Morgan fingerprint density at radius 3 is 2.04 bits per heavy atom. The summed E-state index contributed by atoms with van der Waals surface area (Å²) in [5, 5.41) is 7.56. The second kappa shape index (κ2) is 9.80. The first-order valence-corrected chi connectivity index (χ1v) is 17.0. The van der Waals surface area contributed by atoms with Gasteiger partial charge in [-0.25, -0.2) is 9.97 Å². The van der Waals surface area contributed by atoms with Gasteiger partial charge in [-0.2, -0.15) is 0 Å². The Morgan fingerprint density at radius 1 is 0.652 bits per heavy atom. The third-order valence-corrected chi connectivity index (χ3v) is 10.5. The van der Waals surface area contributed by atoms with E-state index >= 15 is 0 Å². The summed E-state index contributed by atoms with van der Waals surface area (Å²) >= 11 is 1.75. The van der Waals surface area contributed by atoms with Crippen molar-refractivity contribution in [3.05, 3.63) is 139 Å². The van der Waals surface area contributed by atoms with Crippen molar-refractivity contribution in [3.8, 4) is 17.2 Å². The Balaban J connectivity index is 1.44. The fourth-order valence-corrected chi connectivity index (χ4v) is 8.46. The molecule has 1 aliphatic carbocycles. The van der Waals surface area contributed by atoms with Crippen molar-refractivity contribution in [2.45, 2.75) is 17.2 Å². The first-order chi connectivity index (χ1) is 22.8. The lowest BCUT2D eigenvalue weighted by molar-refractivity contribution is 0.774. The van der Waals surface area contributed by atoms with E-state index in [1.807, 2.05) is 6.07 Å². The van der Waals surface area contributed by atoms with Crippen LogP contribution >= 0.6 is 11.8 Å². The van der Waals surface area contributed by atoms with Crippen LogP contribution in [0.25, 0.3) is 77.1 Å². The summed E-state index contributed by atoms with van der Waals surface area (Å²) in [5.74, 6) is 1.87. The van der Waals surface area contributed by atoms with Crippen LogP contribution in [0.5, 0.6) is 0 Å². The Labute approximate surface area is 269 Å². The van der Waals surface area contributed by atoms with Crippen molar-refractivity contribution in [3.63, 3.8) is 0 Å². The number of hydrogen-bond acceptors (Lipinski definition) is 3. The van der Waals surface area contributed by atoms with Crippen molar-refractivity contribution < 1.29 is 0 Å². The number of aromatic nitrogens is 4. The highest BCUT2D eigenvalue weighted by molar-refractivity contribution is 7.98. The predicted octanol–water partition coefficient (Wildman–Crippen LogP) is 10.7. The summed E-state index contributed by atoms with van der Waals surface area (Å²) in [5.41, 5.74) is 8.18. The maximum Gasteiger partial charge on any atom is 0.161 e. The monoisotopic (exact) mass is 608 g/mol. The lowest BCUT2D eigenvalue weighted by atomic mass is 9.96. The van der Waals surface area contributed by atoms with Gasteiger partial charge in [-0.05, 0) is 36.9 Å². The smallest absolute Gasteiger partial charge is 0.161 e. The second-order valence-electron chi connectivity index (χ2n) is 12.1. The molecule has 0 fully saturated rings. The van der Waals surface area contributed by atoms with Gasteiger partial charge in [-0.3, -0.25) is 4.57 Å². The van der Waals surface area contributed by atoms with Crippen LogP contribution < -0.4 is 0 Å². The van der Waals surface area contributed by atoms with Gasteiger partial charge in [0.25, 0.3) is 0 Å². The Morgan fingerprint density at radius 2 is 1.30 bits per heavy atom. The first kappa shape index (κ1) is 25.9. The zero-order chi connectivity index (χ0) is 30.4. The zero-order valence-electron chi connectivity index (χ0n) is 25.2. The van der Waals surface area contributed by atoms with E-state index in [9.17, 15) is 0 Å². The summed E-state index contributed by atoms with van der Waals surface area (Å²) in [4.78, 5) is 11.9. The fraction of sp³-hybridized carbons (Fsp3) is 0.0732. The highest BCUT2D eigenvalue weighted by atomic mass is 32.2. The first-order valence-electron chi connectivity index (χ1n) is 15.8. The van der Waals surface area contributed by atoms with Gasteiger partial charge in [0, 0.05) is 43.8 Å². The highest BCUT2D eigenvalue weighted by Crippen LogP contribution is 2.47. The van der Waals surface area contributed by atoms with Gasteiger partial charge in [0.2, 0.25) is 0 Å². The van der Waals surface area contributed by atoms with Crippen LogP contribution in [-0.4, -0.2) is 25.2 Å². The van der Waals surface area contributed by atoms with Crippen molar-refractivity contribution >= 4 is 71.7 Å². The lowest BCUT2D eigenvalue weighted by Crippen LogP contribution is -2.10. The summed E-state index contributed by atoms with van der Waals surface area (Å²) in [6.45, 7) is 0. The number of allylic oxidation sites excluding steroid dienone is 4. The van der Waals surface area contributed by atoms with Crippen LogP contribution in [0.3, 0.4) is 0 Å². The molecule has 5 aromatic carbocycles. The maximum absolute atomic E-state index is 5.47. The van der Waals surface area contributed by atoms with Crippen LogP contribution in [0.4, 0.5) is 0 Å². The summed E-state index contributed by atoms with van der Waals surface area (Å²) in [6.07, 6.45) is 11.9. The second-order valence-corrected chi connectivity index (χ2v) is 12.9. The topological polar surface area (TPSA) is 35.1 Å². The van der Waals surface area contributed by atoms with Gasteiger partial charge in [0.15, 0.2) is 11.6 Å². The molecule has 10 rings (SSSR count). The van der Waals surface area contributed by atoms with Crippen molar-refractivity contribution in [1.29, 1.82) is 0 Å². The van der Waals surface area contributed by atoms with Gasteiger partial charge in [-0.15, -0.1) is 11.8 Å². The summed E-state index contributed by atoms with van der Waals surface area (Å²) < 4.78 is 4.90. The number of benzene rings is 5. The number of para-hydroxylation sites is 3. The molecule has 4 heterocycles. The molecule has 0 radical (unpaired) electrons. The number of fused-ring (bicyclic) bond motifs is 10. The molecule has 1 aliphatic rings. The molecule has 1 unspecified atom stereocenters. The Bertz CT molecular complexity index is 2710. The molecule has 0 amide bonds. The molecule has 0 saturated heterocycles. The van der Waals surface area contributed by atoms with E-state index in [1.54, 1.807) is 11.8 Å². The van der Waals surface area contributed by atoms with Crippen molar-refractivity contribution in [2.24, 2.45) is 0 Å². The molecule has 218 valence electrons. The molecule has 1 atom stereocenters.